The maximum Gasteiger partial charge on any atom is 0.0469 e. The fraction of sp³-hybridized carbons (Fsp3) is 0.667. The molecule has 1 unspecified atom stereocenters. The first-order valence-electron chi connectivity index (χ1n) is 2.93. The second kappa shape index (κ2) is 4.33. The summed E-state index contributed by atoms with van der Waals surface area (Å²) < 4.78 is 0.750. The van der Waals surface area contributed by atoms with E-state index in [2.05, 4.69) is 35.6 Å². The molecule has 0 heterocycles. The quantitative estimate of drug-likeness (QED) is 0.366. The molecule has 48 valence electrons. The van der Waals surface area contributed by atoms with Crippen molar-refractivity contribution in [2.45, 2.75) is 24.0 Å². The van der Waals surface area contributed by atoms with Crippen LogP contribution in [0.15, 0.2) is 12.7 Å². The normalized spacial score (nSPS) is 14.0. The van der Waals surface area contributed by atoms with Crippen LogP contribution in [0.5, 0.6) is 0 Å². The van der Waals surface area contributed by atoms with Gasteiger partial charge in [0.15, 0.2) is 0 Å². The number of rotatable bonds is 3. The van der Waals surface area contributed by atoms with Gasteiger partial charge in [0.1, 0.15) is 0 Å². The fourth-order valence-electron chi connectivity index (χ4n) is 0.431. The summed E-state index contributed by atoms with van der Waals surface area (Å²) in [6.07, 6.45) is 3.11. The Morgan fingerprint density at radius 2 is 2.25 bits per heavy atom. The Hall–Kier alpha value is 0.437. The van der Waals surface area contributed by atoms with E-state index in [9.17, 15) is 0 Å². The summed E-state index contributed by atoms with van der Waals surface area (Å²) in [5.41, 5.74) is 0. The third kappa shape index (κ3) is 3.44. The maximum atomic E-state index is 3.68. The van der Waals surface area contributed by atoms with Gasteiger partial charge in [0, 0.05) is 13.2 Å². The molecular formula is C6H13BrSi. The second-order valence-electron chi connectivity index (χ2n) is 2.28. The Labute approximate surface area is 61.7 Å². The van der Waals surface area contributed by atoms with Gasteiger partial charge in [-0.2, -0.15) is 0 Å². The molecule has 0 N–H and O–H groups in total. The third-order valence-electron chi connectivity index (χ3n) is 1.12. The molecule has 0 aliphatic carbocycles. The van der Waals surface area contributed by atoms with Crippen molar-refractivity contribution in [3.05, 3.63) is 12.7 Å². The van der Waals surface area contributed by atoms with Crippen LogP contribution >= 0.6 is 15.9 Å². The average molecular weight is 193 g/mol. The summed E-state index contributed by atoms with van der Waals surface area (Å²) in [5, 5.41) is 0. The zero-order chi connectivity index (χ0) is 6.57. The van der Waals surface area contributed by atoms with Crippen molar-refractivity contribution in [2.24, 2.45) is 0 Å². The van der Waals surface area contributed by atoms with E-state index in [0.717, 1.165) is 10.9 Å². The highest BCUT2D eigenvalue weighted by atomic mass is 79.9. The van der Waals surface area contributed by atoms with Gasteiger partial charge in [-0.15, -0.1) is 6.58 Å². The van der Waals surface area contributed by atoms with E-state index in [0.29, 0.717) is 0 Å². The fourth-order valence-corrected chi connectivity index (χ4v) is 1.43. The molecule has 0 nitrogen and oxygen atoms in total. The Bertz CT molecular complexity index is 70.9. The van der Waals surface area contributed by atoms with Crippen LogP contribution in [0, 0.1) is 0 Å². The molecule has 0 saturated heterocycles. The summed E-state index contributed by atoms with van der Waals surface area (Å²) >= 11 is 3.59. The van der Waals surface area contributed by atoms with Gasteiger partial charge < -0.3 is 0 Å². The lowest BCUT2D eigenvalue weighted by atomic mass is 10.5. The molecule has 0 aromatic heterocycles. The van der Waals surface area contributed by atoms with Gasteiger partial charge in [-0.25, -0.2) is 0 Å². The summed E-state index contributed by atoms with van der Waals surface area (Å²) in [4.78, 5) is 0. The maximum absolute atomic E-state index is 3.68. The topological polar surface area (TPSA) is 0 Å². The third-order valence-corrected chi connectivity index (χ3v) is 6.38. The molecule has 0 aliphatic heterocycles. The van der Waals surface area contributed by atoms with Gasteiger partial charge in [-0.3, -0.25) is 0 Å². The molecule has 0 amide bonds. The van der Waals surface area contributed by atoms with E-state index in [4.69, 9.17) is 0 Å². The van der Waals surface area contributed by atoms with Crippen molar-refractivity contribution >= 4 is 24.7 Å². The van der Waals surface area contributed by atoms with Crippen molar-refractivity contribution in [3.63, 3.8) is 0 Å². The number of halogens is 1. The van der Waals surface area contributed by atoms with Gasteiger partial charge in [-0.05, 0) is 6.42 Å². The predicted octanol–water partition coefficient (Wildman–Crippen LogP) is 2.35. The van der Waals surface area contributed by atoms with Gasteiger partial charge in [0.2, 0.25) is 0 Å². The molecule has 0 saturated carbocycles. The Balaban J connectivity index is 3.30. The lowest BCUT2D eigenvalue weighted by Gasteiger charge is -2.07. The predicted molar refractivity (Wildman–Crippen MR) is 46.4 cm³/mol. The van der Waals surface area contributed by atoms with Crippen molar-refractivity contribution in [1.29, 1.82) is 0 Å². The van der Waals surface area contributed by atoms with E-state index in [-0.39, 0.29) is 0 Å². The highest BCUT2D eigenvalue weighted by molar-refractivity contribution is 9.10. The summed E-state index contributed by atoms with van der Waals surface area (Å²) in [7, 11) is -0.437. The van der Waals surface area contributed by atoms with Crippen molar-refractivity contribution < 1.29 is 0 Å². The average Bonchev–Trinajstić information content (AvgIpc) is 1.67. The van der Waals surface area contributed by atoms with Crippen molar-refractivity contribution in [1.82, 2.24) is 0 Å². The van der Waals surface area contributed by atoms with Crippen LogP contribution in [-0.2, 0) is 0 Å². The van der Waals surface area contributed by atoms with E-state index >= 15 is 0 Å². The number of alkyl halides is 1. The Morgan fingerprint density at radius 1 is 1.75 bits per heavy atom. The zero-order valence-electron chi connectivity index (χ0n) is 5.52. The number of hydrogen-bond donors (Lipinski definition) is 0. The highest BCUT2D eigenvalue weighted by Crippen LogP contribution is 2.08. The van der Waals surface area contributed by atoms with Crippen LogP contribution in [0.25, 0.3) is 0 Å². The first-order valence-corrected chi connectivity index (χ1v) is 6.82. The van der Waals surface area contributed by atoms with Gasteiger partial charge in [0.05, 0.1) is 0 Å². The lowest BCUT2D eigenvalue weighted by molar-refractivity contribution is 1.16. The molecule has 0 fully saturated rings. The summed E-state index contributed by atoms with van der Waals surface area (Å²) in [5.74, 6) is 0. The SMILES string of the molecule is C=CCC(Br)[SiH](C)C. The van der Waals surface area contributed by atoms with Gasteiger partial charge >= 0.3 is 0 Å². The molecule has 0 aromatic rings. The zero-order valence-corrected chi connectivity index (χ0v) is 8.26. The molecule has 0 radical (unpaired) electrons. The number of allylic oxidation sites excluding steroid dienone is 1. The molecule has 0 rings (SSSR count). The molecule has 0 bridgehead atoms. The number of hydrogen-bond acceptors (Lipinski definition) is 0. The van der Waals surface area contributed by atoms with Crippen LogP contribution in [0.1, 0.15) is 6.42 Å². The highest BCUT2D eigenvalue weighted by Gasteiger charge is 2.06. The van der Waals surface area contributed by atoms with E-state index in [1.54, 1.807) is 0 Å². The minimum atomic E-state index is -0.437. The molecule has 2 heteroatoms. The monoisotopic (exact) mass is 192 g/mol. The molecular weight excluding hydrogens is 180 g/mol. The van der Waals surface area contributed by atoms with Crippen molar-refractivity contribution in [3.8, 4) is 0 Å². The van der Waals surface area contributed by atoms with Crippen LogP contribution < -0.4 is 0 Å². The minimum absolute atomic E-state index is 0.437. The second-order valence-corrected chi connectivity index (χ2v) is 7.73. The van der Waals surface area contributed by atoms with E-state index in [1.807, 2.05) is 6.08 Å². The van der Waals surface area contributed by atoms with Crippen molar-refractivity contribution in [2.75, 3.05) is 0 Å². The molecule has 1 atom stereocenters. The van der Waals surface area contributed by atoms with E-state index in [1.165, 1.54) is 0 Å². The summed E-state index contributed by atoms with van der Waals surface area (Å²) in [6, 6.07) is 0. The molecule has 8 heavy (non-hydrogen) atoms. The smallest absolute Gasteiger partial charge is 0.0469 e. The van der Waals surface area contributed by atoms with Crippen LogP contribution in [0.4, 0.5) is 0 Å². The van der Waals surface area contributed by atoms with Crippen LogP contribution in [0.3, 0.4) is 0 Å². The lowest BCUT2D eigenvalue weighted by Crippen LogP contribution is -2.16. The minimum Gasteiger partial charge on any atom is -0.103 e. The summed E-state index contributed by atoms with van der Waals surface area (Å²) in [6.45, 7) is 8.35. The van der Waals surface area contributed by atoms with Crippen LogP contribution in [0.2, 0.25) is 13.1 Å². The molecule has 0 spiro atoms. The van der Waals surface area contributed by atoms with Crippen LogP contribution in [-0.4, -0.2) is 13.2 Å². The standard InChI is InChI=1S/C6H13BrSi/c1-4-5-6(7)8(2)3/h4,6,8H,1,5H2,2-3H3. The Kier molecular flexibility index (Phi) is 4.57. The molecule has 0 aromatic carbocycles. The first-order chi connectivity index (χ1) is 3.68. The first kappa shape index (κ1) is 8.44. The Morgan fingerprint density at radius 3 is 2.38 bits per heavy atom. The molecule has 0 aliphatic rings. The van der Waals surface area contributed by atoms with E-state index < -0.39 is 8.80 Å². The largest absolute Gasteiger partial charge is 0.103 e. The van der Waals surface area contributed by atoms with Gasteiger partial charge in [0.25, 0.3) is 0 Å². The van der Waals surface area contributed by atoms with Gasteiger partial charge in [-0.1, -0.05) is 35.1 Å².